The fraction of sp³-hybridized carbons (Fsp3) is 0.280. The van der Waals surface area contributed by atoms with Crippen molar-refractivity contribution in [1.82, 2.24) is 4.90 Å². The molecule has 0 radical (unpaired) electrons. The van der Waals surface area contributed by atoms with Crippen LogP contribution in [0.15, 0.2) is 71.3 Å². The van der Waals surface area contributed by atoms with Gasteiger partial charge in [-0.1, -0.05) is 60.7 Å². The minimum atomic E-state index is -0.123. The summed E-state index contributed by atoms with van der Waals surface area (Å²) >= 11 is 0. The molecule has 148 valence electrons. The lowest BCUT2D eigenvalue weighted by Gasteiger charge is -2.23. The lowest BCUT2D eigenvalue weighted by Crippen LogP contribution is -2.32. The Morgan fingerprint density at radius 2 is 1.62 bits per heavy atom. The third-order valence-electron chi connectivity index (χ3n) is 5.42. The largest absolute Gasteiger partial charge is 0.468 e. The number of hydrogen-bond donors (Lipinski definition) is 0. The van der Waals surface area contributed by atoms with Crippen molar-refractivity contribution in [3.63, 3.8) is 0 Å². The molecule has 0 bridgehead atoms. The van der Waals surface area contributed by atoms with E-state index in [4.69, 9.17) is 4.42 Å². The molecule has 29 heavy (non-hydrogen) atoms. The lowest BCUT2D eigenvalue weighted by molar-refractivity contribution is 0.0735. The fourth-order valence-corrected chi connectivity index (χ4v) is 3.92. The zero-order valence-electron chi connectivity index (χ0n) is 16.5. The van der Waals surface area contributed by atoms with Gasteiger partial charge in [0.15, 0.2) is 5.78 Å². The molecule has 1 aliphatic carbocycles. The van der Waals surface area contributed by atoms with Crippen LogP contribution in [-0.2, 0) is 19.4 Å². The molecule has 1 aliphatic rings. The van der Waals surface area contributed by atoms with Gasteiger partial charge in [0.1, 0.15) is 12.0 Å². The van der Waals surface area contributed by atoms with Gasteiger partial charge in [0.2, 0.25) is 0 Å². The highest BCUT2D eigenvalue weighted by Gasteiger charge is 2.30. The lowest BCUT2D eigenvalue weighted by atomic mass is 9.93. The number of amides is 1. The van der Waals surface area contributed by atoms with Crippen molar-refractivity contribution >= 4 is 11.7 Å². The number of aryl methyl sites for hydroxylation is 2. The van der Waals surface area contributed by atoms with Gasteiger partial charge in [-0.25, -0.2) is 0 Å². The molecular weight excluding hydrogens is 362 g/mol. The van der Waals surface area contributed by atoms with Gasteiger partial charge in [-0.15, -0.1) is 0 Å². The van der Waals surface area contributed by atoms with Crippen LogP contribution in [0.3, 0.4) is 0 Å². The van der Waals surface area contributed by atoms with Gasteiger partial charge in [-0.05, 0) is 30.4 Å². The van der Waals surface area contributed by atoms with E-state index in [1.165, 1.54) is 11.8 Å². The van der Waals surface area contributed by atoms with E-state index in [1.54, 1.807) is 0 Å². The van der Waals surface area contributed by atoms with Gasteiger partial charge in [-0.2, -0.15) is 0 Å². The third kappa shape index (κ3) is 4.48. The molecule has 0 unspecified atom stereocenters. The maximum atomic E-state index is 13.4. The highest BCUT2D eigenvalue weighted by Crippen LogP contribution is 2.27. The molecule has 2 aromatic carbocycles. The predicted octanol–water partition coefficient (Wildman–Crippen LogP) is 5.07. The Bertz CT molecular complexity index is 976. The number of benzene rings is 2. The molecule has 1 heterocycles. The summed E-state index contributed by atoms with van der Waals surface area (Å²) in [6.45, 7) is 1.14. The molecule has 1 amide bonds. The first-order valence-electron chi connectivity index (χ1n) is 10.2. The van der Waals surface area contributed by atoms with Gasteiger partial charge in [0.05, 0.1) is 11.1 Å². The second kappa shape index (κ2) is 8.91. The van der Waals surface area contributed by atoms with Crippen LogP contribution in [0.1, 0.15) is 56.9 Å². The zero-order chi connectivity index (χ0) is 20.1. The number of Topliss-reactive ketones (excluding diaryl/α,β-unsaturated/α-hetero) is 1. The standard InChI is InChI=1S/C25H25NO3/c27-22-14-7-15-23-24(22)21(18-29-23)25(28)26(17-20-11-5-2-6-12-20)16-8-13-19-9-3-1-4-10-19/h1-6,9-12,18H,7-8,13-17H2. The Kier molecular flexibility index (Phi) is 5.89. The van der Waals surface area contributed by atoms with Crippen molar-refractivity contribution in [2.24, 2.45) is 0 Å². The van der Waals surface area contributed by atoms with E-state index >= 15 is 0 Å². The number of hydrogen-bond acceptors (Lipinski definition) is 3. The Morgan fingerprint density at radius 3 is 2.34 bits per heavy atom. The number of rotatable bonds is 7. The number of carbonyl (C=O) groups is 2. The smallest absolute Gasteiger partial charge is 0.258 e. The number of furan rings is 1. The molecule has 4 rings (SSSR count). The summed E-state index contributed by atoms with van der Waals surface area (Å²) in [6.07, 6.45) is 5.24. The van der Waals surface area contributed by atoms with Crippen LogP contribution in [0.5, 0.6) is 0 Å². The second-order valence-electron chi connectivity index (χ2n) is 7.53. The molecule has 0 saturated carbocycles. The highest BCUT2D eigenvalue weighted by atomic mass is 16.3. The highest BCUT2D eigenvalue weighted by molar-refractivity contribution is 6.09. The third-order valence-corrected chi connectivity index (χ3v) is 5.42. The van der Waals surface area contributed by atoms with Gasteiger partial charge in [-0.3, -0.25) is 9.59 Å². The van der Waals surface area contributed by atoms with Crippen molar-refractivity contribution in [1.29, 1.82) is 0 Å². The van der Waals surface area contributed by atoms with Crippen molar-refractivity contribution in [3.05, 3.63) is 94.9 Å². The summed E-state index contributed by atoms with van der Waals surface area (Å²) in [6, 6.07) is 20.3. The molecule has 0 atom stereocenters. The first-order chi connectivity index (χ1) is 14.2. The number of nitrogens with zero attached hydrogens (tertiary/aromatic N) is 1. The van der Waals surface area contributed by atoms with Crippen molar-refractivity contribution in [2.45, 2.75) is 38.6 Å². The maximum absolute atomic E-state index is 13.4. The van der Waals surface area contributed by atoms with Crippen LogP contribution in [0, 0.1) is 0 Å². The summed E-state index contributed by atoms with van der Waals surface area (Å²) in [5.41, 5.74) is 3.25. The number of fused-ring (bicyclic) bond motifs is 1. The Morgan fingerprint density at radius 1 is 0.931 bits per heavy atom. The number of ketones is 1. The summed E-state index contributed by atoms with van der Waals surface area (Å²) in [7, 11) is 0. The topological polar surface area (TPSA) is 50.5 Å². The molecule has 0 saturated heterocycles. The number of carbonyl (C=O) groups excluding carboxylic acids is 2. The summed E-state index contributed by atoms with van der Waals surface area (Å²) in [4.78, 5) is 27.6. The summed E-state index contributed by atoms with van der Waals surface area (Å²) < 4.78 is 5.58. The van der Waals surface area contributed by atoms with Crippen LogP contribution in [0.25, 0.3) is 0 Å². The molecule has 4 heteroatoms. The van der Waals surface area contributed by atoms with Gasteiger partial charge >= 0.3 is 0 Å². The summed E-state index contributed by atoms with van der Waals surface area (Å²) in [5, 5.41) is 0. The zero-order valence-corrected chi connectivity index (χ0v) is 16.5. The van der Waals surface area contributed by atoms with E-state index < -0.39 is 0 Å². The fourth-order valence-electron chi connectivity index (χ4n) is 3.92. The van der Waals surface area contributed by atoms with E-state index in [0.29, 0.717) is 36.4 Å². The van der Waals surface area contributed by atoms with E-state index in [9.17, 15) is 9.59 Å². The molecule has 4 nitrogen and oxygen atoms in total. The van der Waals surface area contributed by atoms with Crippen LogP contribution >= 0.6 is 0 Å². The van der Waals surface area contributed by atoms with Crippen molar-refractivity contribution < 1.29 is 14.0 Å². The van der Waals surface area contributed by atoms with Crippen LogP contribution in [-0.4, -0.2) is 23.1 Å². The molecule has 0 spiro atoms. The molecular formula is C25H25NO3. The summed E-state index contributed by atoms with van der Waals surface area (Å²) in [5.74, 6) is 0.558. The minimum absolute atomic E-state index is 0.0206. The van der Waals surface area contributed by atoms with Crippen molar-refractivity contribution in [3.8, 4) is 0 Å². The first kappa shape index (κ1) is 19.2. The van der Waals surface area contributed by atoms with Crippen LogP contribution < -0.4 is 0 Å². The Hall–Kier alpha value is -3.14. The predicted molar refractivity (Wildman–Crippen MR) is 112 cm³/mol. The SMILES string of the molecule is O=C1CCCc2occ(C(=O)N(CCCc3ccccc3)Cc3ccccc3)c21. The second-order valence-corrected chi connectivity index (χ2v) is 7.53. The van der Waals surface area contributed by atoms with Crippen molar-refractivity contribution in [2.75, 3.05) is 6.54 Å². The Balaban J connectivity index is 1.53. The normalized spacial score (nSPS) is 13.2. The van der Waals surface area contributed by atoms with E-state index in [1.807, 2.05) is 53.4 Å². The van der Waals surface area contributed by atoms with Gasteiger partial charge in [0.25, 0.3) is 5.91 Å². The maximum Gasteiger partial charge on any atom is 0.258 e. The average Bonchev–Trinajstić information content (AvgIpc) is 3.20. The monoisotopic (exact) mass is 387 g/mol. The Labute approximate surface area is 171 Å². The van der Waals surface area contributed by atoms with Gasteiger partial charge < -0.3 is 9.32 Å². The molecule has 0 N–H and O–H groups in total. The van der Waals surface area contributed by atoms with Gasteiger partial charge in [0, 0.05) is 25.9 Å². The van der Waals surface area contributed by atoms with Crippen LogP contribution in [0.2, 0.25) is 0 Å². The van der Waals surface area contributed by atoms with E-state index in [2.05, 4.69) is 12.1 Å². The minimum Gasteiger partial charge on any atom is -0.468 e. The van der Waals surface area contributed by atoms with E-state index in [-0.39, 0.29) is 11.7 Å². The molecule has 0 aliphatic heterocycles. The first-order valence-corrected chi connectivity index (χ1v) is 10.2. The molecule has 1 aromatic heterocycles. The average molecular weight is 387 g/mol. The van der Waals surface area contributed by atoms with E-state index in [0.717, 1.165) is 31.2 Å². The molecule has 3 aromatic rings. The quantitative estimate of drug-likeness (QED) is 0.568. The molecule has 0 fully saturated rings. The van der Waals surface area contributed by atoms with Crippen LogP contribution in [0.4, 0.5) is 0 Å².